The molecule has 0 aliphatic heterocycles. The molecule has 1 unspecified atom stereocenters. The lowest BCUT2D eigenvalue weighted by Crippen LogP contribution is -2.28. The van der Waals surface area contributed by atoms with Crippen molar-refractivity contribution in [2.75, 3.05) is 0 Å². The van der Waals surface area contributed by atoms with Crippen LogP contribution in [0.2, 0.25) is 0 Å². The van der Waals surface area contributed by atoms with E-state index in [1.165, 1.54) is 0 Å². The molecule has 108 valence electrons. The van der Waals surface area contributed by atoms with Crippen molar-refractivity contribution < 1.29 is 4.52 Å². The zero-order valence-electron chi connectivity index (χ0n) is 12.0. The molecule has 2 aromatic heterocycles. The van der Waals surface area contributed by atoms with Gasteiger partial charge in [0.05, 0.1) is 11.0 Å². The molecule has 3 rings (SSSR count). The molecule has 0 bridgehead atoms. The van der Waals surface area contributed by atoms with Gasteiger partial charge in [0.15, 0.2) is 0 Å². The van der Waals surface area contributed by atoms with E-state index in [1.54, 1.807) is 12.4 Å². The minimum atomic E-state index is 0.0146. The summed E-state index contributed by atoms with van der Waals surface area (Å²) in [4.78, 5) is 12.9. The summed E-state index contributed by atoms with van der Waals surface area (Å²) < 4.78 is 5.27. The van der Waals surface area contributed by atoms with Gasteiger partial charge in [0.2, 0.25) is 11.7 Å². The van der Waals surface area contributed by atoms with Crippen LogP contribution in [0.25, 0.3) is 22.4 Å². The van der Waals surface area contributed by atoms with Crippen molar-refractivity contribution in [1.29, 1.82) is 0 Å². The maximum Gasteiger partial charge on any atom is 0.228 e. The van der Waals surface area contributed by atoms with Crippen LogP contribution in [0.4, 0.5) is 0 Å². The van der Waals surface area contributed by atoms with E-state index in [2.05, 4.69) is 34.0 Å². The number of nitrogens with two attached hydrogens (primary N) is 1. The highest BCUT2D eigenvalue weighted by Gasteiger charge is 2.15. The lowest BCUT2D eigenvalue weighted by Gasteiger charge is -2.11. The van der Waals surface area contributed by atoms with Crippen LogP contribution in [0.15, 0.2) is 35.1 Å². The van der Waals surface area contributed by atoms with Gasteiger partial charge in [-0.25, -0.2) is 0 Å². The lowest BCUT2D eigenvalue weighted by molar-refractivity contribution is 0.353. The van der Waals surface area contributed by atoms with Crippen LogP contribution in [0, 0.1) is 5.92 Å². The third kappa shape index (κ3) is 2.90. The quantitative estimate of drug-likeness (QED) is 0.789. The van der Waals surface area contributed by atoms with Crippen molar-refractivity contribution in [1.82, 2.24) is 20.1 Å². The van der Waals surface area contributed by atoms with Gasteiger partial charge in [0.25, 0.3) is 0 Å². The maximum atomic E-state index is 6.02. The van der Waals surface area contributed by atoms with Gasteiger partial charge in [0.1, 0.15) is 0 Å². The van der Waals surface area contributed by atoms with E-state index in [-0.39, 0.29) is 6.04 Å². The Labute approximate surface area is 122 Å². The molecule has 6 nitrogen and oxygen atoms in total. The molecule has 0 fully saturated rings. The molecule has 0 saturated carbocycles. The molecule has 1 aromatic carbocycles. The summed E-state index contributed by atoms with van der Waals surface area (Å²) in [5.41, 5.74) is 8.53. The maximum absolute atomic E-state index is 6.02. The van der Waals surface area contributed by atoms with Crippen molar-refractivity contribution in [3.63, 3.8) is 0 Å². The molecule has 0 radical (unpaired) electrons. The summed E-state index contributed by atoms with van der Waals surface area (Å²) in [6.45, 7) is 4.15. The number of fused-ring (bicyclic) bond motifs is 1. The third-order valence-corrected chi connectivity index (χ3v) is 3.46. The Morgan fingerprint density at radius 3 is 2.67 bits per heavy atom. The van der Waals surface area contributed by atoms with E-state index in [0.717, 1.165) is 16.6 Å². The van der Waals surface area contributed by atoms with Gasteiger partial charge in [-0.1, -0.05) is 19.0 Å². The number of nitrogens with zero attached hydrogens (tertiary/aromatic N) is 4. The van der Waals surface area contributed by atoms with Crippen LogP contribution in [0.3, 0.4) is 0 Å². The van der Waals surface area contributed by atoms with Crippen molar-refractivity contribution in [2.45, 2.75) is 26.3 Å². The minimum absolute atomic E-state index is 0.0146. The number of hydrogen-bond donors (Lipinski definition) is 1. The van der Waals surface area contributed by atoms with Gasteiger partial charge in [-0.2, -0.15) is 4.98 Å². The summed E-state index contributed by atoms with van der Waals surface area (Å²) in [6.07, 6.45) is 3.91. The summed E-state index contributed by atoms with van der Waals surface area (Å²) in [5, 5.41) is 4.02. The molecule has 0 saturated heterocycles. The Kier molecular flexibility index (Phi) is 3.62. The van der Waals surface area contributed by atoms with Gasteiger partial charge in [-0.05, 0) is 24.1 Å². The van der Waals surface area contributed by atoms with E-state index in [1.807, 2.05) is 18.2 Å². The Bertz CT molecular complexity index is 752. The van der Waals surface area contributed by atoms with Crippen molar-refractivity contribution in [3.8, 4) is 11.4 Å². The second kappa shape index (κ2) is 5.57. The molecule has 2 heterocycles. The largest absolute Gasteiger partial charge is 0.339 e. The van der Waals surface area contributed by atoms with Crippen LogP contribution in [-0.2, 0) is 6.42 Å². The number of hydrogen-bond acceptors (Lipinski definition) is 6. The van der Waals surface area contributed by atoms with Gasteiger partial charge in [-0.15, -0.1) is 0 Å². The molecule has 1 atom stereocenters. The van der Waals surface area contributed by atoms with Gasteiger partial charge in [-0.3, -0.25) is 9.97 Å². The van der Waals surface area contributed by atoms with Crippen molar-refractivity contribution >= 4 is 11.0 Å². The average molecular weight is 283 g/mol. The molecular formula is C15H17N5O. The Balaban J connectivity index is 1.87. The van der Waals surface area contributed by atoms with Crippen molar-refractivity contribution in [3.05, 3.63) is 36.5 Å². The molecule has 0 aliphatic rings. The summed E-state index contributed by atoms with van der Waals surface area (Å²) in [7, 11) is 0. The molecule has 0 amide bonds. The topological polar surface area (TPSA) is 90.7 Å². The second-order valence-corrected chi connectivity index (χ2v) is 5.38. The molecule has 3 aromatic rings. The number of aromatic nitrogens is 4. The third-order valence-electron chi connectivity index (χ3n) is 3.46. The molecule has 21 heavy (non-hydrogen) atoms. The van der Waals surface area contributed by atoms with Gasteiger partial charge >= 0.3 is 0 Å². The average Bonchev–Trinajstić information content (AvgIpc) is 2.95. The van der Waals surface area contributed by atoms with Crippen LogP contribution in [-0.4, -0.2) is 26.2 Å². The Morgan fingerprint density at radius 2 is 1.90 bits per heavy atom. The van der Waals surface area contributed by atoms with Crippen LogP contribution in [0.5, 0.6) is 0 Å². The first-order valence-electron chi connectivity index (χ1n) is 6.93. The Morgan fingerprint density at radius 1 is 1.14 bits per heavy atom. The van der Waals surface area contributed by atoms with E-state index < -0.39 is 0 Å². The van der Waals surface area contributed by atoms with Crippen molar-refractivity contribution in [2.24, 2.45) is 11.7 Å². The lowest BCUT2D eigenvalue weighted by atomic mass is 10.0. The molecule has 0 spiro atoms. The fourth-order valence-electron chi connectivity index (χ4n) is 1.99. The summed E-state index contributed by atoms with van der Waals surface area (Å²) in [5.74, 6) is 1.48. The molecule has 0 aliphatic carbocycles. The smallest absolute Gasteiger partial charge is 0.228 e. The predicted molar refractivity (Wildman–Crippen MR) is 79.3 cm³/mol. The van der Waals surface area contributed by atoms with E-state index in [9.17, 15) is 0 Å². The van der Waals surface area contributed by atoms with E-state index in [0.29, 0.717) is 24.1 Å². The zero-order chi connectivity index (χ0) is 14.8. The first-order valence-corrected chi connectivity index (χ1v) is 6.93. The van der Waals surface area contributed by atoms with Gasteiger partial charge in [0, 0.05) is 30.4 Å². The fraction of sp³-hybridized carbons (Fsp3) is 0.333. The minimum Gasteiger partial charge on any atom is -0.339 e. The second-order valence-electron chi connectivity index (χ2n) is 5.38. The van der Waals surface area contributed by atoms with Crippen LogP contribution in [0.1, 0.15) is 19.7 Å². The monoisotopic (exact) mass is 283 g/mol. The zero-order valence-corrected chi connectivity index (χ0v) is 12.0. The molecule has 6 heteroatoms. The Hall–Kier alpha value is -2.34. The van der Waals surface area contributed by atoms with Gasteiger partial charge < -0.3 is 10.3 Å². The highest BCUT2D eigenvalue weighted by atomic mass is 16.5. The standard InChI is InChI=1S/C15H17N5O/c1-9(2)11(16)8-14-19-15(20-21-14)10-3-4-12-13(7-10)18-6-5-17-12/h3-7,9,11H,8,16H2,1-2H3. The van der Waals surface area contributed by atoms with Crippen LogP contribution >= 0.6 is 0 Å². The summed E-state index contributed by atoms with van der Waals surface area (Å²) in [6, 6.07) is 5.72. The van der Waals surface area contributed by atoms with Crippen LogP contribution < -0.4 is 5.73 Å². The molecule has 2 N–H and O–H groups in total. The normalized spacial score (nSPS) is 13.0. The fourth-order valence-corrected chi connectivity index (χ4v) is 1.99. The SMILES string of the molecule is CC(C)C(N)Cc1nc(-c2ccc3nccnc3c2)no1. The number of rotatable bonds is 4. The summed E-state index contributed by atoms with van der Waals surface area (Å²) >= 11 is 0. The highest BCUT2D eigenvalue weighted by molar-refractivity contribution is 5.79. The first-order chi connectivity index (χ1) is 10.1. The first kappa shape index (κ1) is 13.6. The molecular weight excluding hydrogens is 266 g/mol. The highest BCUT2D eigenvalue weighted by Crippen LogP contribution is 2.20. The number of benzene rings is 1. The predicted octanol–water partition coefficient (Wildman–Crippen LogP) is 2.21. The van der Waals surface area contributed by atoms with E-state index >= 15 is 0 Å². The van der Waals surface area contributed by atoms with E-state index in [4.69, 9.17) is 10.3 Å².